The number of rotatable bonds is 6. The van der Waals surface area contributed by atoms with Crippen molar-refractivity contribution < 1.29 is 14.9 Å². The Bertz CT molecular complexity index is 513. The van der Waals surface area contributed by atoms with Crippen LogP contribution in [0.15, 0.2) is 54.6 Å². The van der Waals surface area contributed by atoms with Crippen LogP contribution in [0.25, 0.3) is 0 Å². The molecule has 0 aliphatic rings. The van der Waals surface area contributed by atoms with Crippen LogP contribution in [0.1, 0.15) is 0 Å². The third-order valence-corrected chi connectivity index (χ3v) is 2.95. The highest BCUT2D eigenvalue weighted by Crippen LogP contribution is 2.23. The van der Waals surface area contributed by atoms with Crippen molar-refractivity contribution in [1.29, 1.82) is 0 Å². The van der Waals surface area contributed by atoms with Crippen molar-refractivity contribution in [3.8, 4) is 11.5 Å². The number of hydrogen-bond donors (Lipinski definition) is 2. The number of para-hydroxylation sites is 1. The molecule has 4 nitrogen and oxygen atoms in total. The molecule has 106 valence electrons. The highest BCUT2D eigenvalue weighted by Gasteiger charge is 2.07. The summed E-state index contributed by atoms with van der Waals surface area (Å²) < 4.78 is 5.71. The zero-order valence-electron chi connectivity index (χ0n) is 11.4. The minimum absolute atomic E-state index is 0.237. The van der Waals surface area contributed by atoms with Gasteiger partial charge >= 0.3 is 0 Å². The van der Waals surface area contributed by atoms with E-state index in [4.69, 9.17) is 9.84 Å². The summed E-state index contributed by atoms with van der Waals surface area (Å²) in [4.78, 5) is 1.88. The third-order valence-electron chi connectivity index (χ3n) is 2.95. The fraction of sp³-hybridized carbons (Fsp3) is 0.250. The van der Waals surface area contributed by atoms with Gasteiger partial charge in [0.15, 0.2) is 0 Å². The van der Waals surface area contributed by atoms with Crippen LogP contribution in [-0.4, -0.2) is 36.5 Å². The molecule has 1 atom stereocenters. The maximum absolute atomic E-state index is 9.42. The zero-order valence-corrected chi connectivity index (χ0v) is 11.4. The summed E-state index contributed by atoms with van der Waals surface area (Å²) in [6, 6.07) is 17.2. The summed E-state index contributed by atoms with van der Waals surface area (Å²) in [5.74, 6) is 1.56. The highest BCUT2D eigenvalue weighted by atomic mass is 16.5. The molecule has 0 saturated carbocycles. The average molecular weight is 273 g/mol. The second kappa shape index (κ2) is 6.93. The van der Waals surface area contributed by atoms with Crippen LogP contribution >= 0.6 is 0 Å². The minimum Gasteiger partial charge on any atom is -0.457 e. The molecule has 0 radical (unpaired) electrons. The van der Waals surface area contributed by atoms with E-state index in [9.17, 15) is 5.11 Å². The molecule has 4 heteroatoms. The Morgan fingerprint density at radius 2 is 1.60 bits per heavy atom. The molecule has 0 heterocycles. The van der Waals surface area contributed by atoms with E-state index in [0.717, 1.165) is 17.2 Å². The normalized spacial score (nSPS) is 11.9. The molecule has 0 amide bonds. The van der Waals surface area contributed by atoms with Crippen LogP contribution in [0.3, 0.4) is 0 Å². The molecule has 0 aromatic heterocycles. The first-order valence-corrected chi connectivity index (χ1v) is 6.52. The Balaban J connectivity index is 1.99. The van der Waals surface area contributed by atoms with Gasteiger partial charge in [0, 0.05) is 19.3 Å². The highest BCUT2D eigenvalue weighted by molar-refractivity contribution is 5.49. The molecule has 0 bridgehead atoms. The summed E-state index contributed by atoms with van der Waals surface area (Å²) in [6.07, 6.45) is -0.736. The Morgan fingerprint density at radius 3 is 2.20 bits per heavy atom. The van der Waals surface area contributed by atoms with Gasteiger partial charge in [-0.15, -0.1) is 0 Å². The van der Waals surface area contributed by atoms with Gasteiger partial charge in [-0.2, -0.15) is 0 Å². The fourth-order valence-corrected chi connectivity index (χ4v) is 1.87. The maximum atomic E-state index is 9.42. The molecule has 0 aliphatic carbocycles. The van der Waals surface area contributed by atoms with Crippen molar-refractivity contribution in [3.63, 3.8) is 0 Å². The van der Waals surface area contributed by atoms with Gasteiger partial charge in [-0.3, -0.25) is 0 Å². The van der Waals surface area contributed by atoms with Gasteiger partial charge < -0.3 is 19.8 Å². The molecular weight excluding hydrogens is 254 g/mol. The van der Waals surface area contributed by atoms with Crippen LogP contribution in [0, 0.1) is 0 Å². The van der Waals surface area contributed by atoms with Crippen molar-refractivity contribution >= 4 is 5.69 Å². The molecule has 0 spiro atoms. The number of nitrogens with zero attached hydrogens (tertiary/aromatic N) is 1. The van der Waals surface area contributed by atoms with E-state index < -0.39 is 6.10 Å². The Hall–Kier alpha value is -2.04. The van der Waals surface area contributed by atoms with Gasteiger partial charge in [0.25, 0.3) is 0 Å². The van der Waals surface area contributed by atoms with Crippen LogP contribution < -0.4 is 9.64 Å². The van der Waals surface area contributed by atoms with Crippen molar-refractivity contribution in [3.05, 3.63) is 54.6 Å². The number of ether oxygens (including phenoxy) is 1. The van der Waals surface area contributed by atoms with Crippen LogP contribution in [0.4, 0.5) is 5.69 Å². The number of likely N-dealkylation sites (N-methyl/N-ethyl adjacent to an activating group) is 1. The number of aliphatic hydroxyl groups is 2. The lowest BCUT2D eigenvalue weighted by molar-refractivity contribution is 0.101. The number of aliphatic hydroxyl groups excluding tert-OH is 2. The van der Waals surface area contributed by atoms with E-state index in [0.29, 0.717) is 6.54 Å². The van der Waals surface area contributed by atoms with E-state index in [1.54, 1.807) is 0 Å². The molecule has 0 aliphatic heterocycles. The quantitative estimate of drug-likeness (QED) is 0.847. The van der Waals surface area contributed by atoms with Crippen LogP contribution in [0.2, 0.25) is 0 Å². The lowest BCUT2D eigenvalue weighted by Crippen LogP contribution is -2.31. The van der Waals surface area contributed by atoms with Gasteiger partial charge in [0.1, 0.15) is 11.5 Å². The van der Waals surface area contributed by atoms with Crippen LogP contribution in [-0.2, 0) is 0 Å². The third kappa shape index (κ3) is 3.98. The van der Waals surface area contributed by atoms with Crippen molar-refractivity contribution in [2.24, 2.45) is 0 Å². The molecule has 2 N–H and O–H groups in total. The number of anilines is 1. The van der Waals surface area contributed by atoms with E-state index in [-0.39, 0.29) is 6.61 Å². The molecule has 2 aromatic carbocycles. The summed E-state index contributed by atoms with van der Waals surface area (Å²) in [7, 11) is 1.87. The Morgan fingerprint density at radius 1 is 1.00 bits per heavy atom. The van der Waals surface area contributed by atoms with E-state index in [1.165, 1.54) is 0 Å². The largest absolute Gasteiger partial charge is 0.457 e. The van der Waals surface area contributed by atoms with Gasteiger partial charge in [0.05, 0.1) is 12.7 Å². The van der Waals surface area contributed by atoms with Gasteiger partial charge in [-0.1, -0.05) is 18.2 Å². The van der Waals surface area contributed by atoms with Crippen molar-refractivity contribution in [2.45, 2.75) is 6.10 Å². The smallest absolute Gasteiger partial charge is 0.127 e. The van der Waals surface area contributed by atoms with E-state index in [1.807, 2.05) is 66.5 Å². The summed E-state index contributed by atoms with van der Waals surface area (Å²) in [6.45, 7) is 0.148. The van der Waals surface area contributed by atoms with Gasteiger partial charge in [-0.05, 0) is 36.4 Å². The van der Waals surface area contributed by atoms with Gasteiger partial charge in [0.2, 0.25) is 0 Å². The van der Waals surface area contributed by atoms with Crippen molar-refractivity contribution in [1.82, 2.24) is 0 Å². The first-order valence-electron chi connectivity index (χ1n) is 6.52. The summed E-state index contributed by atoms with van der Waals surface area (Å²) in [5.41, 5.74) is 0.956. The Kier molecular flexibility index (Phi) is 4.98. The summed E-state index contributed by atoms with van der Waals surface area (Å²) >= 11 is 0. The minimum atomic E-state index is -0.736. The van der Waals surface area contributed by atoms with E-state index >= 15 is 0 Å². The molecule has 2 rings (SSSR count). The molecule has 20 heavy (non-hydrogen) atoms. The second-order valence-corrected chi connectivity index (χ2v) is 4.63. The first-order chi connectivity index (χ1) is 9.69. The monoisotopic (exact) mass is 273 g/mol. The average Bonchev–Trinajstić information content (AvgIpc) is 2.49. The molecule has 1 unspecified atom stereocenters. The SMILES string of the molecule is CN(CC(O)CO)c1ccc(Oc2ccccc2)cc1. The lowest BCUT2D eigenvalue weighted by Gasteiger charge is -2.21. The van der Waals surface area contributed by atoms with E-state index in [2.05, 4.69) is 0 Å². The first kappa shape index (κ1) is 14.4. The Labute approximate surface area is 118 Å². The maximum Gasteiger partial charge on any atom is 0.127 e. The summed E-state index contributed by atoms with van der Waals surface area (Å²) in [5, 5.41) is 18.3. The second-order valence-electron chi connectivity index (χ2n) is 4.63. The van der Waals surface area contributed by atoms with Crippen molar-refractivity contribution in [2.75, 3.05) is 25.1 Å². The molecule has 2 aromatic rings. The molecular formula is C16H19NO3. The molecule has 0 saturated heterocycles. The zero-order chi connectivity index (χ0) is 14.4. The topological polar surface area (TPSA) is 52.9 Å². The lowest BCUT2D eigenvalue weighted by atomic mass is 10.2. The fourth-order valence-electron chi connectivity index (χ4n) is 1.87. The van der Waals surface area contributed by atoms with Crippen LogP contribution in [0.5, 0.6) is 11.5 Å². The van der Waals surface area contributed by atoms with Gasteiger partial charge in [-0.25, -0.2) is 0 Å². The predicted octanol–water partition coefficient (Wildman–Crippen LogP) is 2.27. The predicted molar refractivity (Wildman–Crippen MR) is 79.3 cm³/mol. The number of benzene rings is 2. The standard InChI is InChI=1S/C16H19NO3/c1-17(11-14(19)12-18)13-7-9-16(10-8-13)20-15-5-3-2-4-6-15/h2-10,14,18-19H,11-12H2,1H3. The number of hydrogen-bond acceptors (Lipinski definition) is 4. The molecule has 0 fully saturated rings.